The number of amides is 1. The molecule has 30 heavy (non-hydrogen) atoms. The molecule has 0 radical (unpaired) electrons. The van der Waals surface area contributed by atoms with Crippen molar-refractivity contribution in [3.8, 4) is 16.9 Å². The highest BCUT2D eigenvalue weighted by atomic mass is 32.2. The van der Waals surface area contributed by atoms with Gasteiger partial charge >= 0.3 is 5.97 Å². The van der Waals surface area contributed by atoms with Crippen molar-refractivity contribution >= 4 is 23.6 Å². The van der Waals surface area contributed by atoms with Crippen molar-refractivity contribution in [2.24, 2.45) is 5.92 Å². The van der Waals surface area contributed by atoms with Crippen LogP contribution in [0.15, 0.2) is 41.2 Å². The van der Waals surface area contributed by atoms with Crippen molar-refractivity contribution in [1.29, 1.82) is 0 Å². The molecule has 2 atom stereocenters. The van der Waals surface area contributed by atoms with Gasteiger partial charge in [0, 0.05) is 36.8 Å². The number of piperidine rings is 1. The second kappa shape index (κ2) is 8.55. The minimum absolute atomic E-state index is 0.00385. The van der Waals surface area contributed by atoms with Crippen LogP contribution in [-0.2, 0) is 16.1 Å². The maximum Gasteiger partial charge on any atom is 0.313 e. The third kappa shape index (κ3) is 4.09. The molecule has 4 rings (SSSR count). The maximum atomic E-state index is 13.2. The van der Waals surface area contributed by atoms with Crippen molar-refractivity contribution in [3.63, 3.8) is 0 Å². The number of likely N-dealkylation sites (tertiary alicyclic amines) is 1. The first-order valence-electron chi connectivity index (χ1n) is 9.91. The van der Waals surface area contributed by atoms with Gasteiger partial charge in [-0.1, -0.05) is 12.1 Å². The van der Waals surface area contributed by atoms with Gasteiger partial charge in [0.25, 0.3) is 5.56 Å². The highest BCUT2D eigenvalue weighted by Crippen LogP contribution is 2.36. The smallest absolute Gasteiger partial charge is 0.313 e. The Hall–Kier alpha value is -2.74. The number of carbonyl (C=O) groups excluding carboxylic acids is 1. The van der Waals surface area contributed by atoms with Crippen molar-refractivity contribution in [3.05, 3.63) is 52.4 Å². The lowest BCUT2D eigenvalue weighted by Crippen LogP contribution is -2.49. The topological polar surface area (TPSA) is 88.8 Å². The van der Waals surface area contributed by atoms with Gasteiger partial charge in [0.2, 0.25) is 5.91 Å². The van der Waals surface area contributed by atoms with Gasteiger partial charge in [0.15, 0.2) is 0 Å². The van der Waals surface area contributed by atoms with Crippen LogP contribution in [0, 0.1) is 5.92 Å². The van der Waals surface area contributed by atoms with Crippen LogP contribution < -0.4 is 10.3 Å². The van der Waals surface area contributed by atoms with Gasteiger partial charge < -0.3 is 19.3 Å². The molecule has 0 saturated carbocycles. The lowest BCUT2D eigenvalue weighted by molar-refractivity contribution is -0.133. The molecule has 0 unspecified atom stereocenters. The highest BCUT2D eigenvalue weighted by molar-refractivity contribution is 8.00. The van der Waals surface area contributed by atoms with E-state index in [0.717, 1.165) is 35.2 Å². The lowest BCUT2D eigenvalue weighted by atomic mass is 9.82. The van der Waals surface area contributed by atoms with E-state index < -0.39 is 5.97 Å². The van der Waals surface area contributed by atoms with Crippen LogP contribution in [0.5, 0.6) is 5.75 Å². The number of benzene rings is 1. The quantitative estimate of drug-likeness (QED) is 0.760. The molecule has 1 N–H and O–H groups in total. The number of carboxylic acid groups (broad SMARTS) is 1. The molecule has 1 saturated heterocycles. The third-order valence-corrected chi connectivity index (χ3v) is 6.71. The zero-order chi connectivity index (χ0) is 21.3. The number of carboxylic acids is 1. The predicted octanol–water partition coefficient (Wildman–Crippen LogP) is 2.29. The standard InChI is InChI=1S/C22H24N2O5S/c1-29-17-4-2-15(3-5-17)18-6-7-19-16-8-14(10-24(19)22(18)28)9-23(11-16)20(25)12-30-13-21(26)27/h2-7,14,16H,8-13H2,1H3,(H,26,27)/t14-,16-/m1/s1. The van der Waals surface area contributed by atoms with Gasteiger partial charge in [0.1, 0.15) is 5.75 Å². The van der Waals surface area contributed by atoms with E-state index >= 15 is 0 Å². The highest BCUT2D eigenvalue weighted by Gasteiger charge is 2.36. The molecule has 7 nitrogen and oxygen atoms in total. The van der Waals surface area contributed by atoms with E-state index in [1.54, 1.807) is 7.11 Å². The Kier molecular flexibility index (Phi) is 5.85. The van der Waals surface area contributed by atoms with E-state index in [-0.39, 0.29) is 34.8 Å². The number of carbonyl (C=O) groups is 2. The number of rotatable bonds is 6. The lowest BCUT2D eigenvalue weighted by Gasteiger charge is -2.43. The van der Waals surface area contributed by atoms with Gasteiger partial charge in [0.05, 0.1) is 18.6 Å². The van der Waals surface area contributed by atoms with Crippen LogP contribution >= 0.6 is 11.8 Å². The molecule has 1 amide bonds. The zero-order valence-electron chi connectivity index (χ0n) is 16.7. The number of hydrogen-bond acceptors (Lipinski definition) is 5. The first kappa shape index (κ1) is 20.5. The molecule has 2 aliphatic heterocycles. The molecule has 1 aromatic heterocycles. The molecule has 2 aromatic rings. The van der Waals surface area contributed by atoms with E-state index in [9.17, 15) is 14.4 Å². The number of fused-ring (bicyclic) bond motifs is 4. The Morgan fingerprint density at radius 3 is 2.57 bits per heavy atom. The van der Waals surface area contributed by atoms with Gasteiger partial charge in [-0.3, -0.25) is 14.4 Å². The zero-order valence-corrected chi connectivity index (χ0v) is 17.6. The summed E-state index contributed by atoms with van der Waals surface area (Å²) in [6, 6.07) is 11.4. The van der Waals surface area contributed by atoms with Crippen molar-refractivity contribution in [2.45, 2.75) is 18.9 Å². The molecule has 0 spiro atoms. The van der Waals surface area contributed by atoms with Crippen LogP contribution in [0.4, 0.5) is 0 Å². The maximum absolute atomic E-state index is 13.2. The molecule has 8 heteroatoms. The Morgan fingerprint density at radius 1 is 1.10 bits per heavy atom. The fourth-order valence-electron chi connectivity index (χ4n) is 4.46. The first-order valence-corrected chi connectivity index (χ1v) is 11.1. The number of methoxy groups -OCH3 is 1. The fraction of sp³-hybridized carbons (Fsp3) is 0.409. The SMILES string of the molecule is COc1ccc(-c2ccc3n(c2=O)C[C@@H]2C[C@@H]3CN(C(=O)CSCC(=O)O)C2)cc1. The van der Waals surface area contributed by atoms with Crippen LogP contribution in [0.1, 0.15) is 18.0 Å². The largest absolute Gasteiger partial charge is 0.497 e. The summed E-state index contributed by atoms with van der Waals surface area (Å²) < 4.78 is 7.07. The number of thioether (sulfide) groups is 1. The number of nitrogens with zero attached hydrogens (tertiary/aromatic N) is 2. The summed E-state index contributed by atoms with van der Waals surface area (Å²) in [6.07, 6.45) is 0.966. The van der Waals surface area contributed by atoms with Crippen LogP contribution in [0.2, 0.25) is 0 Å². The van der Waals surface area contributed by atoms with E-state index in [0.29, 0.717) is 25.2 Å². The molecule has 2 aliphatic rings. The molecular weight excluding hydrogens is 404 g/mol. The summed E-state index contributed by atoms with van der Waals surface area (Å²) in [5.74, 6) is 0.272. The van der Waals surface area contributed by atoms with Gasteiger partial charge in [-0.2, -0.15) is 0 Å². The number of ether oxygens (including phenoxy) is 1. The number of pyridine rings is 1. The molecule has 158 valence electrons. The normalized spacial score (nSPS) is 19.8. The number of hydrogen-bond donors (Lipinski definition) is 1. The van der Waals surface area contributed by atoms with Crippen LogP contribution in [-0.4, -0.2) is 58.2 Å². The average molecular weight is 429 g/mol. The van der Waals surface area contributed by atoms with E-state index in [1.165, 1.54) is 0 Å². The summed E-state index contributed by atoms with van der Waals surface area (Å²) in [5, 5.41) is 8.75. The van der Waals surface area contributed by atoms with Crippen LogP contribution in [0.3, 0.4) is 0 Å². The Labute approximate surface area is 178 Å². The van der Waals surface area contributed by atoms with E-state index in [1.807, 2.05) is 45.9 Å². The molecule has 1 fully saturated rings. The van der Waals surface area contributed by atoms with Crippen molar-refractivity contribution < 1.29 is 19.4 Å². The molecular formula is C22H24N2O5S. The Morgan fingerprint density at radius 2 is 1.87 bits per heavy atom. The first-order chi connectivity index (χ1) is 14.5. The van der Waals surface area contributed by atoms with Gasteiger partial charge in [-0.15, -0.1) is 11.8 Å². The van der Waals surface area contributed by atoms with E-state index in [2.05, 4.69) is 0 Å². The number of aliphatic carboxylic acids is 1. The third-order valence-electron chi connectivity index (χ3n) is 5.81. The minimum atomic E-state index is -0.913. The summed E-state index contributed by atoms with van der Waals surface area (Å²) in [5.41, 5.74) is 2.51. The van der Waals surface area contributed by atoms with Crippen molar-refractivity contribution in [1.82, 2.24) is 9.47 Å². The average Bonchev–Trinajstić information content (AvgIpc) is 2.74. The van der Waals surface area contributed by atoms with Gasteiger partial charge in [-0.05, 0) is 42.2 Å². The summed E-state index contributed by atoms with van der Waals surface area (Å²) in [7, 11) is 1.61. The Balaban J connectivity index is 1.54. The Bertz CT molecular complexity index is 1020. The molecule has 2 bridgehead atoms. The summed E-state index contributed by atoms with van der Waals surface area (Å²) in [6.45, 7) is 1.78. The second-order valence-electron chi connectivity index (χ2n) is 7.80. The van der Waals surface area contributed by atoms with Gasteiger partial charge in [-0.25, -0.2) is 0 Å². The number of aromatic nitrogens is 1. The fourth-order valence-corrected chi connectivity index (χ4v) is 5.09. The second-order valence-corrected chi connectivity index (χ2v) is 8.79. The van der Waals surface area contributed by atoms with Crippen LogP contribution in [0.25, 0.3) is 11.1 Å². The minimum Gasteiger partial charge on any atom is -0.497 e. The molecule has 3 heterocycles. The van der Waals surface area contributed by atoms with E-state index in [4.69, 9.17) is 9.84 Å². The predicted molar refractivity (Wildman–Crippen MR) is 115 cm³/mol. The molecule has 0 aliphatic carbocycles. The van der Waals surface area contributed by atoms with Crippen molar-refractivity contribution in [2.75, 3.05) is 31.7 Å². The monoisotopic (exact) mass is 428 g/mol. The molecule has 1 aromatic carbocycles. The summed E-state index contributed by atoms with van der Waals surface area (Å²) in [4.78, 5) is 38.2. The summed E-state index contributed by atoms with van der Waals surface area (Å²) >= 11 is 1.13.